The molecule has 0 fully saturated rings. The predicted octanol–water partition coefficient (Wildman–Crippen LogP) is 2.96. The minimum atomic E-state index is -0.249. The molecule has 0 N–H and O–H groups in total. The van der Waals surface area contributed by atoms with Crippen molar-refractivity contribution in [2.24, 2.45) is 7.05 Å². The van der Waals surface area contributed by atoms with Crippen molar-refractivity contribution in [2.45, 2.75) is 32.2 Å². The first-order valence-corrected chi connectivity index (χ1v) is 9.82. The molecule has 0 bridgehead atoms. The smallest absolute Gasteiger partial charge is 0.278 e. The molecule has 1 aliphatic carbocycles. The first kappa shape index (κ1) is 17.6. The maximum atomic E-state index is 13.2. The Morgan fingerprint density at radius 1 is 1.15 bits per heavy atom. The van der Waals surface area contributed by atoms with E-state index in [-0.39, 0.29) is 17.2 Å². The van der Waals surface area contributed by atoms with Crippen LogP contribution in [0, 0.1) is 0 Å². The van der Waals surface area contributed by atoms with Crippen molar-refractivity contribution in [1.29, 1.82) is 0 Å². The number of hydrogen-bond acceptors (Lipinski definition) is 5. The first-order chi connectivity index (χ1) is 13.1. The molecule has 27 heavy (non-hydrogen) atoms. The van der Waals surface area contributed by atoms with Gasteiger partial charge in [0, 0.05) is 18.0 Å². The number of thiazole rings is 1. The zero-order chi connectivity index (χ0) is 18.8. The molecule has 6 nitrogen and oxygen atoms in total. The van der Waals surface area contributed by atoms with E-state index in [1.807, 2.05) is 30.3 Å². The lowest BCUT2D eigenvalue weighted by molar-refractivity contribution is 0.0978. The Kier molecular flexibility index (Phi) is 4.85. The van der Waals surface area contributed by atoms with E-state index >= 15 is 0 Å². The van der Waals surface area contributed by atoms with Gasteiger partial charge in [-0.2, -0.15) is 5.10 Å². The number of aryl methyl sites for hydroxylation is 3. The quantitative estimate of drug-likeness (QED) is 0.698. The number of rotatable bonds is 4. The fraction of sp³-hybridized carbons (Fsp3) is 0.300. The average molecular weight is 380 g/mol. The molecule has 0 aliphatic heterocycles. The van der Waals surface area contributed by atoms with Crippen molar-refractivity contribution >= 4 is 22.4 Å². The van der Waals surface area contributed by atoms with Crippen LogP contribution >= 0.6 is 11.3 Å². The van der Waals surface area contributed by atoms with Crippen LogP contribution in [0.25, 0.3) is 0 Å². The number of benzene rings is 1. The second-order valence-corrected chi connectivity index (χ2v) is 7.69. The van der Waals surface area contributed by atoms with E-state index in [0.29, 0.717) is 11.7 Å². The summed E-state index contributed by atoms with van der Waals surface area (Å²) in [5.41, 5.74) is 2.12. The third kappa shape index (κ3) is 3.68. The topological polar surface area (TPSA) is 68.1 Å². The van der Waals surface area contributed by atoms with Crippen molar-refractivity contribution in [3.05, 3.63) is 74.6 Å². The van der Waals surface area contributed by atoms with Crippen LogP contribution in [0.1, 0.15) is 39.5 Å². The number of carbonyl (C=O) groups excluding carboxylic acids is 1. The van der Waals surface area contributed by atoms with E-state index < -0.39 is 0 Å². The molecule has 7 heteroatoms. The summed E-state index contributed by atoms with van der Waals surface area (Å²) in [7, 11) is 1.54. The third-order valence-electron chi connectivity index (χ3n) is 4.67. The first-order valence-electron chi connectivity index (χ1n) is 9.00. The van der Waals surface area contributed by atoms with Crippen LogP contribution in [0.15, 0.2) is 47.3 Å². The Labute approximate surface area is 161 Å². The normalized spacial score (nSPS) is 13.2. The van der Waals surface area contributed by atoms with Gasteiger partial charge < -0.3 is 0 Å². The predicted molar refractivity (Wildman–Crippen MR) is 105 cm³/mol. The van der Waals surface area contributed by atoms with Crippen LogP contribution in [0.3, 0.4) is 0 Å². The van der Waals surface area contributed by atoms with Gasteiger partial charge in [0.25, 0.3) is 11.5 Å². The van der Waals surface area contributed by atoms with Crippen LogP contribution in [0.4, 0.5) is 5.13 Å². The maximum absolute atomic E-state index is 13.2. The van der Waals surface area contributed by atoms with Gasteiger partial charge in [-0.05, 0) is 37.3 Å². The molecule has 0 saturated heterocycles. The minimum absolute atomic E-state index is 0.237. The van der Waals surface area contributed by atoms with Crippen LogP contribution in [0.2, 0.25) is 0 Å². The lowest BCUT2D eigenvalue weighted by atomic mass is 10.0. The fourth-order valence-electron chi connectivity index (χ4n) is 3.20. The second-order valence-electron chi connectivity index (χ2n) is 6.63. The van der Waals surface area contributed by atoms with E-state index in [9.17, 15) is 9.59 Å². The number of carbonyl (C=O) groups is 1. The fourth-order valence-corrected chi connectivity index (χ4v) is 4.35. The molecule has 1 aliphatic rings. The molecule has 138 valence electrons. The number of amides is 1. The van der Waals surface area contributed by atoms with Gasteiger partial charge in [0.15, 0.2) is 5.13 Å². The number of fused-ring (bicyclic) bond motifs is 1. The van der Waals surface area contributed by atoms with E-state index in [4.69, 9.17) is 4.98 Å². The largest absolute Gasteiger partial charge is 0.280 e. The molecule has 0 atom stereocenters. The molecular formula is C20H20N4O2S. The number of anilines is 1. The Balaban J connectivity index is 1.73. The monoisotopic (exact) mass is 380 g/mol. The summed E-state index contributed by atoms with van der Waals surface area (Å²) in [6.07, 6.45) is 4.31. The van der Waals surface area contributed by atoms with Gasteiger partial charge in [-0.3, -0.25) is 14.5 Å². The highest BCUT2D eigenvalue weighted by Gasteiger charge is 2.25. The van der Waals surface area contributed by atoms with Gasteiger partial charge in [-0.25, -0.2) is 9.67 Å². The molecule has 1 aromatic carbocycles. The van der Waals surface area contributed by atoms with Gasteiger partial charge in [-0.1, -0.05) is 30.3 Å². The number of nitrogens with zero attached hydrogens (tertiary/aromatic N) is 4. The standard InChI is InChI=1S/C20H20N4O2S/c1-23-18(25)12-11-16(22-23)19(26)24(13-14-7-3-2-4-8-14)20-21-15-9-5-6-10-17(15)27-20/h2-4,7-8,11-12H,5-6,9-10,13H2,1H3. The van der Waals surface area contributed by atoms with Crippen molar-refractivity contribution in [1.82, 2.24) is 14.8 Å². The molecule has 4 rings (SSSR count). The highest BCUT2D eigenvalue weighted by molar-refractivity contribution is 7.16. The average Bonchev–Trinajstić information content (AvgIpc) is 3.12. The van der Waals surface area contributed by atoms with E-state index in [0.717, 1.165) is 30.5 Å². The van der Waals surface area contributed by atoms with Crippen molar-refractivity contribution in [3.63, 3.8) is 0 Å². The third-order valence-corrected chi connectivity index (χ3v) is 5.85. The molecule has 3 aromatic rings. The molecule has 0 unspecified atom stereocenters. The van der Waals surface area contributed by atoms with Gasteiger partial charge >= 0.3 is 0 Å². The summed E-state index contributed by atoms with van der Waals surface area (Å²) in [5, 5.41) is 4.83. The second kappa shape index (κ2) is 7.44. The molecule has 2 heterocycles. The molecule has 0 radical (unpaired) electrons. The summed E-state index contributed by atoms with van der Waals surface area (Å²) in [4.78, 5) is 32.6. The highest BCUT2D eigenvalue weighted by atomic mass is 32.1. The van der Waals surface area contributed by atoms with Gasteiger partial charge in [0.2, 0.25) is 0 Å². The maximum Gasteiger partial charge on any atom is 0.280 e. The summed E-state index contributed by atoms with van der Waals surface area (Å²) in [6.45, 7) is 0.413. The molecule has 0 spiro atoms. The molecule has 0 saturated carbocycles. The van der Waals surface area contributed by atoms with Crippen LogP contribution in [-0.2, 0) is 26.4 Å². The van der Waals surface area contributed by atoms with Gasteiger partial charge in [-0.15, -0.1) is 11.3 Å². The number of hydrogen-bond donors (Lipinski definition) is 0. The Morgan fingerprint density at radius 3 is 2.67 bits per heavy atom. The summed E-state index contributed by atoms with van der Waals surface area (Å²) in [5.74, 6) is -0.249. The van der Waals surface area contributed by atoms with Crippen molar-refractivity contribution < 1.29 is 4.79 Å². The summed E-state index contributed by atoms with van der Waals surface area (Å²) in [6, 6.07) is 12.7. The van der Waals surface area contributed by atoms with E-state index in [1.165, 1.54) is 28.1 Å². The van der Waals surface area contributed by atoms with Crippen LogP contribution in [0.5, 0.6) is 0 Å². The van der Waals surface area contributed by atoms with Crippen molar-refractivity contribution in [3.8, 4) is 0 Å². The Bertz CT molecular complexity index is 1000. The highest BCUT2D eigenvalue weighted by Crippen LogP contribution is 2.33. The van der Waals surface area contributed by atoms with E-state index in [1.54, 1.807) is 23.3 Å². The van der Waals surface area contributed by atoms with Gasteiger partial charge in [0.05, 0.1) is 12.2 Å². The van der Waals surface area contributed by atoms with Gasteiger partial charge in [0.1, 0.15) is 5.69 Å². The summed E-state index contributed by atoms with van der Waals surface area (Å²) < 4.78 is 1.18. The Morgan fingerprint density at radius 2 is 1.93 bits per heavy atom. The minimum Gasteiger partial charge on any atom is -0.278 e. The van der Waals surface area contributed by atoms with Crippen LogP contribution < -0.4 is 10.5 Å². The molecule has 1 amide bonds. The summed E-state index contributed by atoms with van der Waals surface area (Å²) >= 11 is 1.59. The Hall–Kier alpha value is -2.80. The zero-order valence-corrected chi connectivity index (χ0v) is 15.9. The SMILES string of the molecule is Cn1nc(C(=O)N(Cc2ccccc2)c2nc3c(s2)CCCC3)ccc1=O. The molecule has 2 aromatic heterocycles. The lowest BCUT2D eigenvalue weighted by Crippen LogP contribution is -2.33. The zero-order valence-electron chi connectivity index (χ0n) is 15.1. The van der Waals surface area contributed by atoms with E-state index in [2.05, 4.69) is 5.10 Å². The van der Waals surface area contributed by atoms with Crippen molar-refractivity contribution in [2.75, 3.05) is 4.90 Å². The molecular weight excluding hydrogens is 360 g/mol. The lowest BCUT2D eigenvalue weighted by Gasteiger charge is -2.19. The van der Waals surface area contributed by atoms with Crippen LogP contribution in [-0.4, -0.2) is 20.7 Å². The number of aromatic nitrogens is 3.